The summed E-state index contributed by atoms with van der Waals surface area (Å²) in [6.45, 7) is -0.194. The van der Waals surface area contributed by atoms with Gasteiger partial charge in [-0.2, -0.15) is 0 Å². The minimum Gasteiger partial charge on any atom is -0.334 e. The van der Waals surface area contributed by atoms with Gasteiger partial charge in [-0.1, -0.05) is 175 Å². The van der Waals surface area contributed by atoms with E-state index < -0.39 is 0 Å². The third-order valence-electron chi connectivity index (χ3n) is 20.7. The second kappa shape index (κ2) is 21.3. The van der Waals surface area contributed by atoms with E-state index >= 15 is 0 Å². The Hall–Kier alpha value is -7.56. The fraction of sp³-hybridized carbons (Fsp3) is 0.308. The molecule has 6 aliphatic carbocycles. The molecule has 0 saturated heterocycles. The molecule has 4 heteroatoms. The van der Waals surface area contributed by atoms with Crippen LogP contribution in [-0.4, -0.2) is 23.4 Å². The van der Waals surface area contributed by atoms with Crippen LogP contribution in [0.4, 0.5) is 22.7 Å². The van der Waals surface area contributed by atoms with Crippen molar-refractivity contribution in [2.45, 2.75) is 128 Å². The van der Waals surface area contributed by atoms with Crippen LogP contribution in [0.25, 0.3) is 49.7 Å². The highest BCUT2D eigenvalue weighted by Gasteiger charge is 2.51. The lowest BCUT2D eigenvalue weighted by Gasteiger charge is -2.53. The van der Waals surface area contributed by atoms with Gasteiger partial charge in [0.1, 0.15) is 0 Å². The van der Waals surface area contributed by atoms with Gasteiger partial charge < -0.3 is 14.4 Å². The van der Waals surface area contributed by atoms with Crippen molar-refractivity contribution in [3.8, 4) is 27.9 Å². The number of allylic oxidation sites excluding steroid dienone is 8. The minimum atomic E-state index is -0.366. The van der Waals surface area contributed by atoms with Crippen LogP contribution in [0.5, 0.6) is 0 Å². The van der Waals surface area contributed by atoms with E-state index in [0.717, 1.165) is 107 Å². The number of hydrogen-bond acceptors (Lipinski definition) is 2. The Labute approximate surface area is 494 Å². The summed E-state index contributed by atoms with van der Waals surface area (Å²) in [5.74, 6) is 1.25. The van der Waals surface area contributed by atoms with Crippen LogP contribution in [-0.2, 0) is 0 Å². The Balaban J connectivity index is 1.05. The number of nitrogens with zero attached hydrogens (tertiary/aromatic N) is 3. The molecule has 1 aromatic heterocycles. The summed E-state index contributed by atoms with van der Waals surface area (Å²) in [4.78, 5) is 5.62. The average Bonchev–Trinajstić information content (AvgIpc) is 1.22. The molecular weight excluding hydrogens is 990 g/mol. The maximum Gasteiger partial charge on any atom is 0.252 e. The number of para-hydroxylation sites is 2. The molecule has 16 rings (SSSR count). The molecule has 82 heavy (non-hydrogen) atoms. The highest BCUT2D eigenvalue weighted by molar-refractivity contribution is 7.00. The van der Waals surface area contributed by atoms with E-state index in [1.165, 1.54) is 97.5 Å². The van der Waals surface area contributed by atoms with Crippen LogP contribution >= 0.6 is 0 Å². The summed E-state index contributed by atoms with van der Waals surface area (Å²) < 4.78 is 49.9. The second-order valence-electron chi connectivity index (χ2n) is 25.0. The summed E-state index contributed by atoms with van der Waals surface area (Å²) in [6, 6.07) is 46.7. The second-order valence-corrected chi connectivity index (χ2v) is 25.0. The van der Waals surface area contributed by atoms with Gasteiger partial charge in [0, 0.05) is 51.0 Å². The Kier molecular flexibility index (Phi) is 11.7. The molecule has 0 spiro atoms. The molecule has 3 nitrogen and oxygen atoms in total. The van der Waals surface area contributed by atoms with Crippen molar-refractivity contribution in [1.82, 2.24) is 4.57 Å². The zero-order chi connectivity index (χ0) is 58.4. The number of benzene rings is 7. The number of aromatic nitrogens is 1. The van der Waals surface area contributed by atoms with Gasteiger partial charge in [0.05, 0.1) is 30.0 Å². The van der Waals surface area contributed by atoms with Gasteiger partial charge in [-0.05, 0) is 220 Å². The van der Waals surface area contributed by atoms with Crippen LogP contribution in [0.1, 0.15) is 122 Å². The highest BCUT2D eigenvalue weighted by Crippen LogP contribution is 2.53. The summed E-state index contributed by atoms with van der Waals surface area (Å²) in [5.41, 5.74) is 21.4. The van der Waals surface area contributed by atoms with Crippen molar-refractivity contribution in [3.63, 3.8) is 0 Å². The predicted molar refractivity (Wildman–Crippen MR) is 349 cm³/mol. The van der Waals surface area contributed by atoms with Crippen LogP contribution in [0.2, 0.25) is 0 Å². The molecule has 0 fully saturated rings. The Morgan fingerprint density at radius 2 is 0.976 bits per heavy atom. The third-order valence-corrected chi connectivity index (χ3v) is 20.7. The highest BCUT2D eigenvalue weighted by atomic mass is 15.2. The lowest BCUT2D eigenvalue weighted by molar-refractivity contribution is 0.391. The van der Waals surface area contributed by atoms with Crippen molar-refractivity contribution >= 4 is 67.7 Å². The first-order valence-corrected chi connectivity index (χ1v) is 31.5. The Bertz CT molecular complexity index is 4190. The van der Waals surface area contributed by atoms with E-state index in [-0.39, 0.29) is 66.4 Å². The molecule has 3 heterocycles. The standard InChI is InChI=1S/C78H76BN3/c1-7-25-53(26-8-1)59-45-47-68-72(49-59)81(77-62(55-29-11-3-12-30-55)39-23-40-63(77)56-31-13-4-14-32-56)74-50-60(54-27-9-2-10-28-54)51-75-76(74)79(68)69-48-46-61(80-70-43-21-19-37-66(70)67-38-20-22-44-71(67)80)52-73(69)82(75)78-64(57-33-15-5-16-34-57)41-24-42-65(78)58-35-17-6-18-36-58/h1-3,5,7-11,15,19-22,25-28,31,35,37-39,41,43-52,55,57,63,65,77-78H,4,6,12-14,16-18,23-24,29-30,32-34,36,40,42H2/i2D,9D,10D,27D,28D. The Morgan fingerprint density at radius 1 is 0.427 bits per heavy atom. The van der Waals surface area contributed by atoms with E-state index in [9.17, 15) is 5.48 Å². The predicted octanol–water partition coefficient (Wildman–Crippen LogP) is 18.7. The first-order chi connectivity index (χ1) is 42.8. The molecule has 0 amide bonds. The lowest BCUT2D eigenvalue weighted by Crippen LogP contribution is -2.65. The number of fused-ring (bicyclic) bond motifs is 7. The van der Waals surface area contributed by atoms with Gasteiger partial charge in [0.25, 0.3) is 6.71 Å². The van der Waals surface area contributed by atoms with Crippen LogP contribution in [0, 0.1) is 23.7 Å². The zero-order valence-electron chi connectivity index (χ0n) is 52.4. The van der Waals surface area contributed by atoms with Gasteiger partial charge in [0.15, 0.2) is 0 Å². The van der Waals surface area contributed by atoms with Gasteiger partial charge in [-0.3, -0.25) is 0 Å². The minimum absolute atomic E-state index is 0.0171. The van der Waals surface area contributed by atoms with Gasteiger partial charge in [0.2, 0.25) is 0 Å². The lowest BCUT2D eigenvalue weighted by atomic mass is 9.33. The first kappa shape index (κ1) is 45.0. The van der Waals surface area contributed by atoms with Crippen molar-refractivity contribution in [2.24, 2.45) is 23.7 Å². The quantitative estimate of drug-likeness (QED) is 0.105. The van der Waals surface area contributed by atoms with E-state index in [4.69, 9.17) is 1.37 Å². The molecule has 0 N–H and O–H groups in total. The van der Waals surface area contributed by atoms with Crippen molar-refractivity contribution < 1.29 is 6.85 Å². The molecule has 2 aliphatic heterocycles. The molecule has 406 valence electrons. The summed E-state index contributed by atoms with van der Waals surface area (Å²) in [6.07, 6.45) is 39.9. The largest absolute Gasteiger partial charge is 0.334 e. The average molecular weight is 1070 g/mol. The molecular formula is C78H76BN3. The van der Waals surface area contributed by atoms with Gasteiger partial charge in [-0.15, -0.1) is 0 Å². The summed E-state index contributed by atoms with van der Waals surface area (Å²) in [7, 11) is 0. The number of rotatable bonds is 9. The van der Waals surface area contributed by atoms with E-state index in [0.29, 0.717) is 17.4 Å². The molecule has 8 aliphatic rings. The van der Waals surface area contributed by atoms with Crippen LogP contribution in [0.15, 0.2) is 229 Å². The van der Waals surface area contributed by atoms with Crippen molar-refractivity contribution in [1.29, 1.82) is 0 Å². The molecule has 8 aromatic rings. The van der Waals surface area contributed by atoms with Gasteiger partial charge in [-0.25, -0.2) is 0 Å². The van der Waals surface area contributed by atoms with Crippen LogP contribution in [0.3, 0.4) is 0 Å². The van der Waals surface area contributed by atoms with Crippen LogP contribution < -0.4 is 26.2 Å². The monoisotopic (exact) mass is 1070 g/mol. The smallest absolute Gasteiger partial charge is 0.252 e. The van der Waals surface area contributed by atoms with Crippen molar-refractivity contribution in [2.75, 3.05) is 9.80 Å². The van der Waals surface area contributed by atoms with E-state index in [2.05, 4.69) is 190 Å². The molecule has 0 saturated carbocycles. The SMILES string of the molecule is [2H]c1c([2H])c([2H])c(-c2cc3c4c(c2)N(C2C(C5CC=CCC5)=CCCC2C2=CCCCC2)c2cc(-n5c6ccccc6c6ccccc65)ccc2B4c2ccc(-c4ccccc4)cc2N3C2C(C3CC=CCC3)=CCCC2C2=CCCCC2)c([2H])c1[2H]. The topological polar surface area (TPSA) is 11.4 Å². The fourth-order valence-corrected chi connectivity index (χ4v) is 17.0. The molecule has 6 unspecified atom stereocenters. The van der Waals surface area contributed by atoms with Gasteiger partial charge >= 0.3 is 0 Å². The maximum absolute atomic E-state index is 9.90. The van der Waals surface area contributed by atoms with E-state index in [1.54, 1.807) is 11.1 Å². The molecule has 0 bridgehead atoms. The Morgan fingerprint density at radius 3 is 1.54 bits per heavy atom. The summed E-state index contributed by atoms with van der Waals surface area (Å²) >= 11 is 0. The van der Waals surface area contributed by atoms with Crippen molar-refractivity contribution in [3.05, 3.63) is 229 Å². The molecule has 7 aromatic carbocycles. The molecule has 0 radical (unpaired) electrons. The molecule has 6 atom stereocenters. The number of anilines is 4. The first-order valence-electron chi connectivity index (χ1n) is 34.0. The maximum atomic E-state index is 9.90. The van der Waals surface area contributed by atoms with E-state index in [1.807, 2.05) is 0 Å². The fourth-order valence-electron chi connectivity index (χ4n) is 17.0. The third kappa shape index (κ3) is 8.51. The summed E-state index contributed by atoms with van der Waals surface area (Å²) in [5, 5.41) is 2.46. The normalized spacial score (nSPS) is 24.9. The number of hydrogen-bond donors (Lipinski definition) is 0. The zero-order valence-corrected chi connectivity index (χ0v) is 47.4.